The fraction of sp³-hybridized carbons (Fsp3) is 0.444. The molecule has 0 spiro atoms. The summed E-state index contributed by atoms with van der Waals surface area (Å²) in [6.45, 7) is 0. The molecule has 1 aromatic rings. The molecule has 1 heterocycles. The third-order valence-corrected chi connectivity index (χ3v) is 2.48. The zero-order valence-electron chi connectivity index (χ0n) is 7.77. The minimum Gasteiger partial charge on any atom is -0.390 e. The highest BCUT2D eigenvalue weighted by molar-refractivity contribution is 7.80. The van der Waals surface area contributed by atoms with E-state index in [2.05, 4.69) is 17.6 Å². The Morgan fingerprint density at radius 1 is 1.53 bits per heavy atom. The average molecular weight is 252 g/mol. The maximum Gasteiger partial charge on any atom is 0.164 e. The van der Waals surface area contributed by atoms with Gasteiger partial charge in [0.2, 0.25) is 0 Å². The number of aliphatic hydroxyl groups is 2. The van der Waals surface area contributed by atoms with Crippen molar-refractivity contribution in [3.05, 3.63) is 28.8 Å². The van der Waals surface area contributed by atoms with Gasteiger partial charge in [0, 0.05) is 11.8 Å². The van der Waals surface area contributed by atoms with Crippen molar-refractivity contribution < 1.29 is 14.6 Å². The van der Waals surface area contributed by atoms with Gasteiger partial charge in [-0.05, 0) is 18.2 Å². The summed E-state index contributed by atoms with van der Waals surface area (Å²) >= 11 is 9.31. The zero-order chi connectivity index (χ0) is 11.4. The molecule has 2 N–H and O–H groups in total. The topological polar surface area (TPSA) is 53.4 Å². The Kier molecular flexibility index (Phi) is 4.79. The predicted molar refractivity (Wildman–Crippen MR) is 58.6 cm³/mol. The zero-order valence-corrected chi connectivity index (χ0v) is 9.42. The van der Waals surface area contributed by atoms with Crippen LogP contribution in [0.3, 0.4) is 0 Å². The van der Waals surface area contributed by atoms with E-state index in [1.54, 1.807) is 0 Å². The fourth-order valence-corrected chi connectivity index (χ4v) is 1.48. The highest BCUT2D eigenvalue weighted by Gasteiger charge is 2.19. The summed E-state index contributed by atoms with van der Waals surface area (Å²) in [5, 5.41) is 18.8. The van der Waals surface area contributed by atoms with Gasteiger partial charge in [-0.2, -0.15) is 12.6 Å². The monoisotopic (exact) mass is 251 g/mol. The first kappa shape index (κ1) is 12.7. The number of pyridine rings is 1. The molecule has 15 heavy (non-hydrogen) atoms. The van der Waals surface area contributed by atoms with Gasteiger partial charge in [-0.15, -0.1) is 0 Å². The molecule has 0 aliphatic rings. The van der Waals surface area contributed by atoms with Gasteiger partial charge in [-0.25, -0.2) is 9.37 Å². The van der Waals surface area contributed by atoms with Gasteiger partial charge in [0.25, 0.3) is 0 Å². The Hall–Kier alpha value is -0.360. The molecule has 0 amide bonds. The lowest BCUT2D eigenvalue weighted by atomic mass is 10.0. The molecule has 0 saturated carbocycles. The first-order valence-electron chi connectivity index (χ1n) is 4.34. The lowest BCUT2D eigenvalue weighted by Crippen LogP contribution is -2.19. The SMILES string of the molecule is OC(CCS)C(O)c1cnc(Cl)c(F)c1. The number of rotatable bonds is 4. The van der Waals surface area contributed by atoms with Gasteiger partial charge < -0.3 is 10.2 Å². The molecule has 2 unspecified atom stereocenters. The van der Waals surface area contributed by atoms with Crippen LogP contribution in [-0.2, 0) is 0 Å². The standard InChI is InChI=1S/C9H11ClFNO2S/c10-9-6(11)3-5(4-12-9)8(14)7(13)1-2-15/h3-4,7-8,13-15H,1-2H2. The van der Waals surface area contributed by atoms with Crippen LogP contribution in [0, 0.1) is 5.82 Å². The summed E-state index contributed by atoms with van der Waals surface area (Å²) in [4.78, 5) is 3.54. The van der Waals surface area contributed by atoms with Crippen LogP contribution >= 0.6 is 24.2 Å². The lowest BCUT2D eigenvalue weighted by molar-refractivity contribution is 0.0169. The second-order valence-corrected chi connectivity index (χ2v) is 3.87. The molecule has 3 nitrogen and oxygen atoms in total. The summed E-state index contributed by atoms with van der Waals surface area (Å²) in [6.07, 6.45) is -0.604. The van der Waals surface area contributed by atoms with Crippen LogP contribution in [-0.4, -0.2) is 27.1 Å². The van der Waals surface area contributed by atoms with Gasteiger partial charge in [0.1, 0.15) is 6.10 Å². The summed E-state index contributed by atoms with van der Waals surface area (Å²) in [5.74, 6) is -0.284. The minimum absolute atomic E-state index is 0.200. The Morgan fingerprint density at radius 3 is 2.73 bits per heavy atom. The molecule has 0 bridgehead atoms. The number of aromatic nitrogens is 1. The minimum atomic E-state index is -1.17. The summed E-state index contributed by atoms with van der Waals surface area (Å²) < 4.78 is 13.0. The highest BCUT2D eigenvalue weighted by atomic mass is 35.5. The van der Waals surface area contributed by atoms with E-state index in [0.717, 1.165) is 6.07 Å². The van der Waals surface area contributed by atoms with Crippen molar-refractivity contribution >= 4 is 24.2 Å². The summed E-state index contributed by atoms with van der Waals surface area (Å²) in [6, 6.07) is 1.06. The van der Waals surface area contributed by atoms with Crippen LogP contribution in [0.1, 0.15) is 18.1 Å². The maximum atomic E-state index is 13.0. The van der Waals surface area contributed by atoms with Crippen LogP contribution in [0.25, 0.3) is 0 Å². The quantitative estimate of drug-likeness (QED) is 0.563. The molecule has 2 atom stereocenters. The predicted octanol–water partition coefficient (Wildman–Crippen LogP) is 1.59. The smallest absolute Gasteiger partial charge is 0.164 e. The van der Waals surface area contributed by atoms with Crippen molar-refractivity contribution in [2.75, 3.05) is 5.75 Å². The van der Waals surface area contributed by atoms with Crippen molar-refractivity contribution in [2.24, 2.45) is 0 Å². The molecule has 6 heteroatoms. The van der Waals surface area contributed by atoms with Crippen LogP contribution < -0.4 is 0 Å². The second-order valence-electron chi connectivity index (χ2n) is 3.07. The Bertz CT molecular complexity index is 340. The van der Waals surface area contributed by atoms with E-state index >= 15 is 0 Å². The maximum absolute atomic E-state index is 13.0. The molecule has 0 aromatic carbocycles. The van der Waals surface area contributed by atoms with E-state index < -0.39 is 18.0 Å². The molecule has 0 radical (unpaired) electrons. The first-order chi connectivity index (χ1) is 7.06. The Balaban J connectivity index is 2.81. The molecular formula is C9H11ClFNO2S. The Labute approximate surface area is 97.3 Å². The summed E-state index contributed by atoms with van der Waals surface area (Å²) in [7, 11) is 0. The van der Waals surface area contributed by atoms with Gasteiger partial charge in [-0.3, -0.25) is 0 Å². The molecule has 0 aliphatic carbocycles. The van der Waals surface area contributed by atoms with Gasteiger partial charge in [0.15, 0.2) is 11.0 Å². The molecule has 0 fully saturated rings. The average Bonchev–Trinajstić information content (AvgIpc) is 2.21. The van der Waals surface area contributed by atoms with Crippen LogP contribution in [0.5, 0.6) is 0 Å². The van der Waals surface area contributed by atoms with E-state index in [9.17, 15) is 14.6 Å². The number of aliphatic hydroxyl groups excluding tert-OH is 2. The van der Waals surface area contributed by atoms with Crippen molar-refractivity contribution in [1.29, 1.82) is 0 Å². The number of thiol groups is 1. The van der Waals surface area contributed by atoms with Crippen LogP contribution in [0.4, 0.5) is 4.39 Å². The first-order valence-corrected chi connectivity index (χ1v) is 5.35. The fourth-order valence-electron chi connectivity index (χ4n) is 1.11. The van der Waals surface area contributed by atoms with Crippen molar-refractivity contribution in [2.45, 2.75) is 18.6 Å². The summed E-state index contributed by atoms with van der Waals surface area (Å²) in [5.41, 5.74) is 0.200. The Morgan fingerprint density at radius 2 is 2.20 bits per heavy atom. The number of halogens is 2. The molecule has 1 aromatic heterocycles. The highest BCUT2D eigenvalue weighted by Crippen LogP contribution is 2.21. The van der Waals surface area contributed by atoms with Crippen molar-refractivity contribution in [3.8, 4) is 0 Å². The largest absolute Gasteiger partial charge is 0.390 e. The van der Waals surface area contributed by atoms with Gasteiger partial charge >= 0.3 is 0 Å². The van der Waals surface area contributed by atoms with Crippen molar-refractivity contribution in [3.63, 3.8) is 0 Å². The molecule has 84 valence electrons. The van der Waals surface area contributed by atoms with E-state index in [1.165, 1.54) is 6.20 Å². The molecule has 0 aliphatic heterocycles. The number of nitrogens with zero attached hydrogens (tertiary/aromatic N) is 1. The van der Waals surface area contributed by atoms with E-state index in [0.29, 0.717) is 12.2 Å². The lowest BCUT2D eigenvalue weighted by Gasteiger charge is -2.16. The van der Waals surface area contributed by atoms with E-state index in [4.69, 9.17) is 11.6 Å². The normalized spacial score (nSPS) is 15.0. The van der Waals surface area contributed by atoms with E-state index in [1.807, 2.05) is 0 Å². The molecule has 0 saturated heterocycles. The molecule has 1 rings (SSSR count). The van der Waals surface area contributed by atoms with Gasteiger partial charge in [0.05, 0.1) is 6.10 Å². The number of hydrogen-bond acceptors (Lipinski definition) is 4. The van der Waals surface area contributed by atoms with Gasteiger partial charge in [-0.1, -0.05) is 11.6 Å². The third kappa shape index (κ3) is 3.31. The third-order valence-electron chi connectivity index (χ3n) is 1.95. The van der Waals surface area contributed by atoms with E-state index in [-0.39, 0.29) is 10.7 Å². The van der Waals surface area contributed by atoms with Crippen molar-refractivity contribution in [1.82, 2.24) is 4.98 Å². The van der Waals surface area contributed by atoms with Crippen LogP contribution in [0.15, 0.2) is 12.3 Å². The molecular weight excluding hydrogens is 241 g/mol. The second kappa shape index (κ2) is 5.65. The number of hydrogen-bond donors (Lipinski definition) is 3. The van der Waals surface area contributed by atoms with Crippen LogP contribution in [0.2, 0.25) is 5.15 Å².